The highest BCUT2D eigenvalue weighted by Gasteiger charge is 2.19. The number of nitrogens with zero attached hydrogens (tertiary/aromatic N) is 5. The van der Waals surface area contributed by atoms with Crippen LogP contribution in [0, 0.1) is 0 Å². The third-order valence-corrected chi connectivity index (χ3v) is 3.11. The van der Waals surface area contributed by atoms with Crippen molar-refractivity contribution in [2.45, 2.75) is 19.9 Å². The summed E-state index contributed by atoms with van der Waals surface area (Å²) in [6.45, 7) is 2.14. The van der Waals surface area contributed by atoms with E-state index in [2.05, 4.69) is 15.0 Å². The molecule has 1 aromatic heterocycles. The van der Waals surface area contributed by atoms with Gasteiger partial charge in [0.05, 0.1) is 25.0 Å². The lowest BCUT2D eigenvalue weighted by molar-refractivity contribution is -0.135. The molecule has 9 nitrogen and oxygen atoms in total. The van der Waals surface area contributed by atoms with E-state index < -0.39 is 0 Å². The van der Waals surface area contributed by atoms with Crippen molar-refractivity contribution in [3.05, 3.63) is 12.0 Å². The molecule has 0 fully saturated rings. The zero-order valence-electron chi connectivity index (χ0n) is 12.4. The summed E-state index contributed by atoms with van der Waals surface area (Å²) in [5, 5.41) is 0. The van der Waals surface area contributed by atoms with Gasteiger partial charge in [0.15, 0.2) is 5.82 Å². The van der Waals surface area contributed by atoms with E-state index in [-0.39, 0.29) is 24.8 Å². The van der Waals surface area contributed by atoms with Crippen LogP contribution >= 0.6 is 0 Å². The molecule has 0 bridgehead atoms. The molecule has 118 valence electrons. The molecule has 0 aliphatic carbocycles. The minimum atomic E-state index is -0.214. The molecule has 1 aliphatic heterocycles. The Morgan fingerprint density at radius 1 is 1.45 bits per heavy atom. The van der Waals surface area contributed by atoms with Crippen LogP contribution in [0.4, 0.5) is 5.82 Å². The molecule has 0 radical (unpaired) electrons. The van der Waals surface area contributed by atoms with Gasteiger partial charge in [-0.3, -0.25) is 9.59 Å². The normalized spacial score (nSPS) is 13.3. The Balaban J connectivity index is 2.14. The first-order chi connectivity index (χ1) is 10.5. The third-order valence-electron chi connectivity index (χ3n) is 3.11. The lowest BCUT2D eigenvalue weighted by Crippen LogP contribution is -2.40. The monoisotopic (exact) mass is 305 g/mol. The smallest absolute Gasteiger partial charge is 0.243 e. The number of fused-ring (bicyclic) bond motifs is 1. The Morgan fingerprint density at radius 3 is 2.91 bits per heavy atom. The summed E-state index contributed by atoms with van der Waals surface area (Å²) in [5.74, 6) is 0.660. The van der Waals surface area contributed by atoms with Crippen LogP contribution < -0.4 is 11.5 Å². The van der Waals surface area contributed by atoms with Gasteiger partial charge in [-0.25, -0.2) is 15.0 Å². The van der Waals surface area contributed by atoms with Gasteiger partial charge in [0, 0.05) is 13.1 Å². The maximum atomic E-state index is 12.3. The molecule has 1 aromatic rings. The van der Waals surface area contributed by atoms with Crippen molar-refractivity contribution in [1.29, 1.82) is 0 Å². The second-order valence-corrected chi connectivity index (χ2v) is 4.99. The highest BCUT2D eigenvalue weighted by Crippen LogP contribution is 2.20. The summed E-state index contributed by atoms with van der Waals surface area (Å²) in [6.07, 6.45) is 3.26. The molecule has 0 saturated carbocycles. The molecule has 2 heterocycles. The zero-order chi connectivity index (χ0) is 16.1. The van der Waals surface area contributed by atoms with Crippen LogP contribution in [0.5, 0.6) is 0 Å². The van der Waals surface area contributed by atoms with Crippen molar-refractivity contribution in [1.82, 2.24) is 14.5 Å². The van der Waals surface area contributed by atoms with Gasteiger partial charge < -0.3 is 20.9 Å². The molecule has 0 unspecified atom stereocenters. The van der Waals surface area contributed by atoms with Gasteiger partial charge in [-0.2, -0.15) is 0 Å². The number of aliphatic imine (C=N–C) groups is 2. The van der Waals surface area contributed by atoms with E-state index in [1.165, 1.54) is 24.5 Å². The van der Waals surface area contributed by atoms with Crippen molar-refractivity contribution in [2.24, 2.45) is 21.5 Å². The van der Waals surface area contributed by atoms with Crippen molar-refractivity contribution >= 4 is 29.7 Å². The summed E-state index contributed by atoms with van der Waals surface area (Å²) in [6, 6.07) is 0. The largest absolute Gasteiger partial charge is 0.387 e. The molecule has 0 atom stereocenters. The molecule has 22 heavy (non-hydrogen) atoms. The van der Waals surface area contributed by atoms with Crippen LogP contribution in [0.15, 0.2) is 16.3 Å². The Hall–Kier alpha value is -2.55. The molecule has 2 rings (SSSR count). The SMILES string of the molecule is CC(=O)CN(CCN)C(=O)Cn1cnc2c1N=CN=C(N)C2. The molecule has 0 spiro atoms. The Morgan fingerprint density at radius 2 is 2.23 bits per heavy atom. The first-order valence-corrected chi connectivity index (χ1v) is 6.87. The minimum absolute atomic E-state index is 0.0346. The van der Waals surface area contributed by atoms with Crippen molar-refractivity contribution in [3.8, 4) is 0 Å². The molecule has 1 amide bonds. The second kappa shape index (κ2) is 6.94. The minimum Gasteiger partial charge on any atom is -0.387 e. The number of amides is 1. The van der Waals surface area contributed by atoms with Crippen LogP contribution in [0.1, 0.15) is 12.6 Å². The van der Waals surface area contributed by atoms with Gasteiger partial charge >= 0.3 is 0 Å². The number of Topliss-reactive ketones (excluding diaryl/α,β-unsaturated/α-hetero) is 1. The molecular weight excluding hydrogens is 286 g/mol. The second-order valence-electron chi connectivity index (χ2n) is 4.99. The fourth-order valence-corrected chi connectivity index (χ4v) is 2.14. The summed E-state index contributed by atoms with van der Waals surface area (Å²) in [4.78, 5) is 37.3. The van der Waals surface area contributed by atoms with E-state index in [1.54, 1.807) is 4.57 Å². The quantitative estimate of drug-likeness (QED) is 0.683. The fraction of sp³-hybridized carbons (Fsp3) is 0.462. The zero-order valence-corrected chi connectivity index (χ0v) is 12.4. The summed E-state index contributed by atoms with van der Waals surface area (Å²) < 4.78 is 1.62. The number of imidazole rings is 1. The lowest BCUT2D eigenvalue weighted by Gasteiger charge is -2.21. The highest BCUT2D eigenvalue weighted by atomic mass is 16.2. The van der Waals surface area contributed by atoms with Crippen LogP contribution in [-0.2, 0) is 22.6 Å². The number of amidine groups is 1. The Bertz CT molecular complexity index is 632. The van der Waals surface area contributed by atoms with Crippen LogP contribution in [-0.4, -0.2) is 57.9 Å². The molecular formula is C13H19N7O2. The summed E-state index contributed by atoms with van der Waals surface area (Å²) in [5.41, 5.74) is 11.8. The van der Waals surface area contributed by atoms with Crippen LogP contribution in [0.2, 0.25) is 0 Å². The van der Waals surface area contributed by atoms with Crippen molar-refractivity contribution in [2.75, 3.05) is 19.6 Å². The molecule has 1 aliphatic rings. The van der Waals surface area contributed by atoms with E-state index in [1.807, 2.05) is 0 Å². The third kappa shape index (κ3) is 3.76. The van der Waals surface area contributed by atoms with E-state index in [9.17, 15) is 9.59 Å². The van der Waals surface area contributed by atoms with Gasteiger partial charge in [-0.05, 0) is 6.92 Å². The van der Waals surface area contributed by atoms with E-state index >= 15 is 0 Å². The van der Waals surface area contributed by atoms with Gasteiger partial charge in [-0.1, -0.05) is 0 Å². The van der Waals surface area contributed by atoms with Crippen LogP contribution in [0.3, 0.4) is 0 Å². The summed E-state index contributed by atoms with van der Waals surface area (Å²) >= 11 is 0. The summed E-state index contributed by atoms with van der Waals surface area (Å²) in [7, 11) is 0. The first kappa shape index (κ1) is 15.8. The number of hydrogen-bond donors (Lipinski definition) is 2. The molecule has 0 saturated heterocycles. The Labute approximate surface area is 127 Å². The number of ketones is 1. The number of carbonyl (C=O) groups excluding carboxylic acids is 2. The number of hydrogen-bond acceptors (Lipinski definition) is 7. The molecule has 0 aromatic carbocycles. The standard InChI is InChI=1S/C13H19N7O2/c1-9(21)5-19(3-2-14)12(22)6-20-8-18-10-4-11(15)16-7-17-13(10)20/h7-8H,2-6,14H2,1H3,(H2,15,16,17). The average molecular weight is 305 g/mol. The molecule has 4 N–H and O–H groups in total. The fourth-order valence-electron chi connectivity index (χ4n) is 2.14. The Kier molecular flexibility index (Phi) is 4.99. The first-order valence-electron chi connectivity index (χ1n) is 6.87. The van der Waals surface area contributed by atoms with Gasteiger partial charge in [-0.15, -0.1) is 0 Å². The average Bonchev–Trinajstić information content (AvgIpc) is 2.70. The van der Waals surface area contributed by atoms with Gasteiger partial charge in [0.1, 0.15) is 24.5 Å². The highest BCUT2D eigenvalue weighted by molar-refractivity contribution is 5.91. The molecule has 9 heteroatoms. The number of aromatic nitrogens is 2. The maximum absolute atomic E-state index is 12.3. The van der Waals surface area contributed by atoms with E-state index in [0.717, 1.165) is 0 Å². The number of nitrogens with two attached hydrogens (primary N) is 2. The maximum Gasteiger partial charge on any atom is 0.243 e. The predicted octanol–water partition coefficient (Wildman–Crippen LogP) is -1.17. The number of rotatable bonds is 6. The van der Waals surface area contributed by atoms with E-state index in [4.69, 9.17) is 11.5 Å². The van der Waals surface area contributed by atoms with Gasteiger partial charge in [0.2, 0.25) is 5.91 Å². The van der Waals surface area contributed by atoms with Crippen molar-refractivity contribution < 1.29 is 9.59 Å². The topological polar surface area (TPSA) is 132 Å². The van der Waals surface area contributed by atoms with Crippen molar-refractivity contribution in [3.63, 3.8) is 0 Å². The number of carbonyl (C=O) groups is 2. The van der Waals surface area contributed by atoms with Gasteiger partial charge in [0.25, 0.3) is 0 Å². The lowest BCUT2D eigenvalue weighted by atomic mass is 10.3. The van der Waals surface area contributed by atoms with E-state index in [0.29, 0.717) is 36.9 Å². The van der Waals surface area contributed by atoms with Crippen LogP contribution in [0.25, 0.3) is 0 Å². The predicted molar refractivity (Wildman–Crippen MR) is 82.0 cm³/mol.